The Labute approximate surface area is 147 Å². The molecule has 0 saturated carbocycles. The largest absolute Gasteiger partial charge is 0.481 e. The number of nitrogens with zero attached hydrogens (tertiary/aromatic N) is 2. The molecule has 2 saturated heterocycles. The fourth-order valence-electron chi connectivity index (χ4n) is 3.91. The van der Waals surface area contributed by atoms with Crippen molar-refractivity contribution in [3.05, 3.63) is 30.3 Å². The second kappa shape index (κ2) is 7.68. The summed E-state index contributed by atoms with van der Waals surface area (Å²) in [5, 5.41) is 8.74. The smallest absolute Gasteiger partial charge is 0.303 e. The Balaban J connectivity index is 1.63. The molecule has 0 spiro atoms. The number of hydrogen-bond donors (Lipinski definition) is 1. The van der Waals surface area contributed by atoms with Crippen molar-refractivity contribution in [2.75, 3.05) is 24.5 Å². The molecule has 0 aliphatic carbocycles. The van der Waals surface area contributed by atoms with Crippen molar-refractivity contribution in [2.24, 2.45) is 11.8 Å². The molecule has 6 nitrogen and oxygen atoms in total. The van der Waals surface area contributed by atoms with Gasteiger partial charge in [0.25, 0.3) is 0 Å². The Kier molecular flexibility index (Phi) is 5.36. The molecule has 2 aliphatic heterocycles. The molecule has 0 aromatic heterocycles. The van der Waals surface area contributed by atoms with Crippen LogP contribution in [0.5, 0.6) is 0 Å². The molecule has 2 amide bonds. The number of anilines is 1. The van der Waals surface area contributed by atoms with Crippen molar-refractivity contribution in [3.8, 4) is 0 Å². The van der Waals surface area contributed by atoms with Crippen LogP contribution in [0.3, 0.4) is 0 Å². The Bertz CT molecular complexity index is 646. The van der Waals surface area contributed by atoms with Crippen LogP contribution in [-0.2, 0) is 14.4 Å². The van der Waals surface area contributed by atoms with E-state index in [4.69, 9.17) is 5.11 Å². The zero-order valence-electron chi connectivity index (χ0n) is 14.3. The maximum atomic E-state index is 12.6. The standard InChI is InChI=1S/C19H24N2O4/c22-17(6-7-19(24)25)20-10-8-14-12-18(23)21(11-9-15(14)13-20)16-4-2-1-3-5-16/h1-5,14-15H,6-13H2,(H,24,25)/t14-,15-/m0/s1. The first-order valence-corrected chi connectivity index (χ1v) is 8.89. The van der Waals surface area contributed by atoms with Gasteiger partial charge in [-0.25, -0.2) is 0 Å². The molecule has 25 heavy (non-hydrogen) atoms. The van der Waals surface area contributed by atoms with Crippen molar-refractivity contribution in [2.45, 2.75) is 32.1 Å². The minimum atomic E-state index is -0.943. The van der Waals surface area contributed by atoms with Crippen molar-refractivity contribution in [1.82, 2.24) is 4.90 Å². The Morgan fingerprint density at radius 1 is 1.04 bits per heavy atom. The summed E-state index contributed by atoms with van der Waals surface area (Å²) in [5.74, 6) is -0.257. The van der Waals surface area contributed by atoms with Gasteiger partial charge in [0.15, 0.2) is 0 Å². The minimum absolute atomic E-state index is 0.0573. The zero-order chi connectivity index (χ0) is 17.8. The number of carbonyl (C=O) groups excluding carboxylic acids is 2. The van der Waals surface area contributed by atoms with E-state index < -0.39 is 5.97 Å². The predicted octanol–water partition coefficient (Wildman–Crippen LogP) is 2.14. The molecule has 3 rings (SSSR count). The second-order valence-electron chi connectivity index (χ2n) is 6.92. The zero-order valence-corrected chi connectivity index (χ0v) is 14.3. The first kappa shape index (κ1) is 17.5. The Hall–Kier alpha value is -2.37. The first-order valence-electron chi connectivity index (χ1n) is 8.89. The van der Waals surface area contributed by atoms with Gasteiger partial charge in [0.05, 0.1) is 6.42 Å². The summed E-state index contributed by atoms with van der Waals surface area (Å²) in [6, 6.07) is 9.71. The highest BCUT2D eigenvalue weighted by molar-refractivity contribution is 5.93. The van der Waals surface area contributed by atoms with E-state index in [1.807, 2.05) is 35.2 Å². The molecule has 0 bridgehead atoms. The molecule has 2 heterocycles. The molecule has 1 N–H and O–H groups in total. The lowest BCUT2D eigenvalue weighted by molar-refractivity contribution is -0.142. The number of carboxylic acids is 1. The quantitative estimate of drug-likeness (QED) is 0.908. The van der Waals surface area contributed by atoms with Crippen LogP contribution in [0.15, 0.2) is 30.3 Å². The molecule has 6 heteroatoms. The minimum Gasteiger partial charge on any atom is -0.481 e. The third-order valence-electron chi connectivity index (χ3n) is 5.33. The van der Waals surface area contributed by atoms with Crippen LogP contribution in [0.2, 0.25) is 0 Å². The molecular formula is C19H24N2O4. The van der Waals surface area contributed by atoms with E-state index in [1.165, 1.54) is 0 Å². The van der Waals surface area contributed by atoms with E-state index in [0.717, 1.165) is 18.5 Å². The number of amides is 2. The average Bonchev–Trinajstić information content (AvgIpc) is 2.78. The highest BCUT2D eigenvalue weighted by atomic mass is 16.4. The molecule has 1 aromatic rings. The predicted molar refractivity (Wildman–Crippen MR) is 93.1 cm³/mol. The highest BCUT2D eigenvalue weighted by Crippen LogP contribution is 2.34. The normalized spacial score (nSPS) is 23.8. The number of fused-ring (bicyclic) bond motifs is 1. The average molecular weight is 344 g/mol. The molecular weight excluding hydrogens is 320 g/mol. The van der Waals surface area contributed by atoms with Gasteiger partial charge in [0.2, 0.25) is 11.8 Å². The third-order valence-corrected chi connectivity index (χ3v) is 5.33. The number of aliphatic carboxylic acids is 1. The van der Waals surface area contributed by atoms with Crippen LogP contribution in [0.4, 0.5) is 5.69 Å². The number of carboxylic acid groups (broad SMARTS) is 1. The van der Waals surface area contributed by atoms with Crippen molar-refractivity contribution >= 4 is 23.5 Å². The molecule has 2 fully saturated rings. The number of para-hydroxylation sites is 1. The number of benzene rings is 1. The van der Waals surface area contributed by atoms with Crippen LogP contribution in [0.1, 0.15) is 32.1 Å². The van der Waals surface area contributed by atoms with E-state index in [2.05, 4.69) is 0 Å². The molecule has 134 valence electrons. The maximum Gasteiger partial charge on any atom is 0.303 e. The maximum absolute atomic E-state index is 12.6. The molecule has 0 radical (unpaired) electrons. The van der Waals surface area contributed by atoms with Crippen LogP contribution in [-0.4, -0.2) is 47.4 Å². The van der Waals surface area contributed by atoms with Crippen LogP contribution < -0.4 is 4.90 Å². The van der Waals surface area contributed by atoms with Gasteiger partial charge in [-0.1, -0.05) is 18.2 Å². The molecule has 1 aromatic carbocycles. The lowest BCUT2D eigenvalue weighted by Crippen LogP contribution is -2.44. The summed E-state index contributed by atoms with van der Waals surface area (Å²) < 4.78 is 0. The Morgan fingerprint density at radius 3 is 2.48 bits per heavy atom. The fourth-order valence-corrected chi connectivity index (χ4v) is 3.91. The van der Waals surface area contributed by atoms with Gasteiger partial charge in [-0.2, -0.15) is 0 Å². The van der Waals surface area contributed by atoms with Gasteiger partial charge in [0, 0.05) is 38.2 Å². The summed E-state index contributed by atoms with van der Waals surface area (Å²) in [6.45, 7) is 1.93. The van der Waals surface area contributed by atoms with E-state index in [9.17, 15) is 14.4 Å². The Morgan fingerprint density at radius 2 is 1.76 bits per heavy atom. The molecule has 2 atom stereocenters. The number of piperidine rings is 1. The van der Waals surface area contributed by atoms with Gasteiger partial charge in [-0.05, 0) is 36.8 Å². The monoisotopic (exact) mass is 344 g/mol. The van der Waals surface area contributed by atoms with Crippen LogP contribution in [0.25, 0.3) is 0 Å². The van der Waals surface area contributed by atoms with E-state index >= 15 is 0 Å². The summed E-state index contributed by atoms with van der Waals surface area (Å²) >= 11 is 0. The third kappa shape index (κ3) is 4.18. The lowest BCUT2D eigenvalue weighted by atomic mass is 9.82. The first-order chi connectivity index (χ1) is 12.0. The van der Waals surface area contributed by atoms with Gasteiger partial charge >= 0.3 is 5.97 Å². The topological polar surface area (TPSA) is 77.9 Å². The molecule has 2 aliphatic rings. The van der Waals surface area contributed by atoms with E-state index in [-0.39, 0.29) is 24.7 Å². The van der Waals surface area contributed by atoms with Crippen LogP contribution >= 0.6 is 0 Å². The van der Waals surface area contributed by atoms with E-state index in [1.54, 1.807) is 4.90 Å². The summed E-state index contributed by atoms with van der Waals surface area (Å²) in [5.41, 5.74) is 0.931. The summed E-state index contributed by atoms with van der Waals surface area (Å²) in [6.07, 6.45) is 2.15. The lowest BCUT2D eigenvalue weighted by Gasteiger charge is -2.37. The summed E-state index contributed by atoms with van der Waals surface area (Å²) in [7, 11) is 0. The SMILES string of the molecule is O=C(O)CCC(=O)N1CC[C@H]2CC(=O)N(c3ccccc3)CC[C@H]2C1. The summed E-state index contributed by atoms with van der Waals surface area (Å²) in [4.78, 5) is 39.1. The van der Waals surface area contributed by atoms with Gasteiger partial charge in [-0.3, -0.25) is 14.4 Å². The van der Waals surface area contributed by atoms with Crippen LogP contribution in [0, 0.1) is 11.8 Å². The van der Waals surface area contributed by atoms with Gasteiger partial charge in [-0.15, -0.1) is 0 Å². The van der Waals surface area contributed by atoms with Gasteiger partial charge in [0.1, 0.15) is 0 Å². The molecule has 0 unspecified atom stereocenters. The second-order valence-corrected chi connectivity index (χ2v) is 6.92. The number of carbonyl (C=O) groups is 3. The van der Waals surface area contributed by atoms with Crippen molar-refractivity contribution < 1.29 is 19.5 Å². The van der Waals surface area contributed by atoms with Crippen molar-refractivity contribution in [1.29, 1.82) is 0 Å². The highest BCUT2D eigenvalue weighted by Gasteiger charge is 2.36. The van der Waals surface area contributed by atoms with E-state index in [0.29, 0.717) is 37.9 Å². The number of hydrogen-bond acceptors (Lipinski definition) is 3. The van der Waals surface area contributed by atoms with Crippen molar-refractivity contribution in [3.63, 3.8) is 0 Å². The fraction of sp³-hybridized carbons (Fsp3) is 0.526. The number of likely N-dealkylation sites (tertiary alicyclic amines) is 1. The van der Waals surface area contributed by atoms with Gasteiger partial charge < -0.3 is 14.9 Å². The number of rotatable bonds is 4.